The van der Waals surface area contributed by atoms with Crippen LogP contribution in [0.3, 0.4) is 0 Å². The summed E-state index contributed by atoms with van der Waals surface area (Å²) in [5.41, 5.74) is 7.93. The van der Waals surface area contributed by atoms with E-state index in [-0.39, 0.29) is 11.0 Å². The van der Waals surface area contributed by atoms with Crippen LogP contribution in [-0.4, -0.2) is 16.9 Å². The van der Waals surface area contributed by atoms with Gasteiger partial charge >= 0.3 is 0 Å². The van der Waals surface area contributed by atoms with E-state index >= 15 is 0 Å². The van der Waals surface area contributed by atoms with Crippen LogP contribution >= 0.6 is 23.6 Å². The molecule has 1 aromatic carbocycles. The van der Waals surface area contributed by atoms with Crippen molar-refractivity contribution in [3.05, 3.63) is 58.0 Å². The lowest BCUT2D eigenvalue weighted by atomic mass is 10.1. The van der Waals surface area contributed by atoms with Gasteiger partial charge in [0.15, 0.2) is 5.11 Å². The third-order valence-electron chi connectivity index (χ3n) is 3.86. The topological polar surface area (TPSA) is 84.2 Å². The van der Waals surface area contributed by atoms with Crippen molar-refractivity contribution in [1.29, 1.82) is 0 Å². The fraction of sp³-hybridized carbons (Fsp3) is 0.167. The molecule has 1 aliphatic rings. The Kier molecular flexibility index (Phi) is 5.25. The number of primary amides is 1. The van der Waals surface area contributed by atoms with Crippen LogP contribution in [-0.2, 0) is 17.6 Å². The van der Waals surface area contributed by atoms with Gasteiger partial charge in [-0.05, 0) is 48.7 Å². The minimum Gasteiger partial charge on any atom is -0.365 e. The highest BCUT2D eigenvalue weighted by atomic mass is 32.1. The molecule has 1 aliphatic carbocycles. The van der Waals surface area contributed by atoms with Gasteiger partial charge in [0.1, 0.15) is 5.00 Å². The monoisotopic (exact) mass is 371 g/mol. The molecule has 25 heavy (non-hydrogen) atoms. The molecule has 7 heteroatoms. The number of rotatable bonds is 4. The molecular weight excluding hydrogens is 354 g/mol. The van der Waals surface area contributed by atoms with Gasteiger partial charge in [-0.1, -0.05) is 30.3 Å². The molecule has 4 N–H and O–H groups in total. The van der Waals surface area contributed by atoms with Crippen molar-refractivity contribution >= 4 is 51.6 Å². The predicted octanol–water partition coefficient (Wildman–Crippen LogP) is 2.86. The number of anilines is 1. The highest BCUT2D eigenvalue weighted by Crippen LogP contribution is 2.38. The number of hydrogen-bond acceptors (Lipinski definition) is 4. The molecule has 2 amide bonds. The fourth-order valence-corrected chi connectivity index (χ4v) is 4.34. The Labute approximate surface area is 154 Å². The maximum atomic E-state index is 12.0. The zero-order chi connectivity index (χ0) is 17.8. The summed E-state index contributed by atoms with van der Waals surface area (Å²) in [4.78, 5) is 24.9. The zero-order valence-corrected chi connectivity index (χ0v) is 15.0. The number of hydrogen-bond donors (Lipinski definition) is 3. The lowest BCUT2D eigenvalue weighted by Crippen LogP contribution is -2.33. The fourth-order valence-electron chi connectivity index (χ4n) is 2.78. The van der Waals surface area contributed by atoms with E-state index in [0.29, 0.717) is 10.6 Å². The number of nitrogens with one attached hydrogen (secondary N) is 2. The van der Waals surface area contributed by atoms with Crippen molar-refractivity contribution < 1.29 is 9.59 Å². The second kappa shape index (κ2) is 7.58. The van der Waals surface area contributed by atoms with Gasteiger partial charge < -0.3 is 11.1 Å². The molecule has 0 spiro atoms. The number of carbonyl (C=O) groups is 2. The van der Waals surface area contributed by atoms with Gasteiger partial charge in [0.25, 0.3) is 5.91 Å². The molecule has 0 saturated carbocycles. The molecule has 2 aromatic rings. The third kappa shape index (κ3) is 4.12. The van der Waals surface area contributed by atoms with Gasteiger partial charge in [-0.2, -0.15) is 0 Å². The van der Waals surface area contributed by atoms with E-state index in [4.69, 9.17) is 18.0 Å². The molecule has 0 unspecified atom stereocenters. The number of amides is 2. The van der Waals surface area contributed by atoms with Crippen LogP contribution in [0.5, 0.6) is 0 Å². The number of fused-ring (bicyclic) bond motifs is 1. The van der Waals surface area contributed by atoms with E-state index in [0.717, 1.165) is 35.3 Å². The van der Waals surface area contributed by atoms with Crippen molar-refractivity contribution in [3.63, 3.8) is 0 Å². The Bertz CT molecular complexity index is 857. The molecule has 0 saturated heterocycles. The highest BCUT2D eigenvalue weighted by molar-refractivity contribution is 7.80. The summed E-state index contributed by atoms with van der Waals surface area (Å²) in [6, 6.07) is 9.49. The molecule has 0 fully saturated rings. The summed E-state index contributed by atoms with van der Waals surface area (Å²) in [6.45, 7) is 0. The lowest BCUT2D eigenvalue weighted by Gasteiger charge is -2.08. The summed E-state index contributed by atoms with van der Waals surface area (Å²) in [5, 5.41) is 6.26. The van der Waals surface area contributed by atoms with Crippen molar-refractivity contribution in [3.8, 4) is 0 Å². The molecule has 3 rings (SSSR count). The molecule has 1 heterocycles. The first kappa shape index (κ1) is 17.3. The Morgan fingerprint density at radius 2 is 1.96 bits per heavy atom. The number of thiophene rings is 1. The quantitative estimate of drug-likeness (QED) is 0.570. The van der Waals surface area contributed by atoms with Crippen LogP contribution in [0.4, 0.5) is 5.00 Å². The van der Waals surface area contributed by atoms with Crippen molar-refractivity contribution in [2.75, 3.05) is 5.32 Å². The Hall–Kier alpha value is -2.51. The summed E-state index contributed by atoms with van der Waals surface area (Å²) < 4.78 is 0. The minimum absolute atomic E-state index is 0.144. The van der Waals surface area contributed by atoms with E-state index in [2.05, 4.69) is 10.6 Å². The first-order chi connectivity index (χ1) is 12.0. The highest BCUT2D eigenvalue weighted by Gasteiger charge is 2.25. The van der Waals surface area contributed by atoms with Crippen molar-refractivity contribution in [2.45, 2.75) is 19.3 Å². The van der Waals surface area contributed by atoms with E-state index in [1.54, 1.807) is 6.08 Å². The smallest absolute Gasteiger partial charge is 0.251 e. The van der Waals surface area contributed by atoms with E-state index in [1.165, 1.54) is 17.4 Å². The second-order valence-corrected chi connectivity index (χ2v) is 7.13. The van der Waals surface area contributed by atoms with Gasteiger partial charge in [-0.15, -0.1) is 11.3 Å². The van der Waals surface area contributed by atoms with Gasteiger partial charge in [0.05, 0.1) is 5.56 Å². The first-order valence-corrected chi connectivity index (χ1v) is 9.06. The summed E-state index contributed by atoms with van der Waals surface area (Å²) in [6.07, 6.45) is 5.94. The standard InChI is InChI=1S/C18H17N3O2S2/c19-16(23)15-12-7-4-8-13(12)25-17(15)21-18(24)20-14(22)10-9-11-5-2-1-3-6-11/h1-3,5-6,9-10H,4,7-8H2,(H2,19,23)(H2,20,21,22,24)/b10-9+. The second-order valence-electron chi connectivity index (χ2n) is 5.61. The normalized spacial score (nSPS) is 12.8. The summed E-state index contributed by atoms with van der Waals surface area (Å²) >= 11 is 6.65. The average Bonchev–Trinajstić information content (AvgIpc) is 3.13. The molecule has 0 atom stereocenters. The van der Waals surface area contributed by atoms with Gasteiger partial charge in [0.2, 0.25) is 5.91 Å². The van der Waals surface area contributed by atoms with Crippen LogP contribution in [0.15, 0.2) is 36.4 Å². The maximum Gasteiger partial charge on any atom is 0.251 e. The van der Waals surface area contributed by atoms with E-state index < -0.39 is 5.91 Å². The number of benzene rings is 1. The zero-order valence-electron chi connectivity index (χ0n) is 13.4. The Morgan fingerprint density at radius 1 is 1.20 bits per heavy atom. The first-order valence-electron chi connectivity index (χ1n) is 7.84. The van der Waals surface area contributed by atoms with Crippen LogP contribution in [0.1, 0.15) is 32.8 Å². The molecular formula is C18H17N3O2S2. The maximum absolute atomic E-state index is 12.0. The number of thiocarbonyl (C=S) groups is 1. The van der Waals surface area contributed by atoms with Gasteiger partial charge in [-0.25, -0.2) is 0 Å². The Balaban J connectivity index is 1.64. The minimum atomic E-state index is -0.472. The number of aryl methyl sites for hydroxylation is 1. The molecule has 0 aliphatic heterocycles. The van der Waals surface area contributed by atoms with Crippen molar-refractivity contribution in [1.82, 2.24) is 5.32 Å². The van der Waals surface area contributed by atoms with Gasteiger partial charge in [0, 0.05) is 11.0 Å². The van der Waals surface area contributed by atoms with E-state index in [1.807, 2.05) is 30.3 Å². The number of carbonyl (C=O) groups excluding carboxylic acids is 2. The lowest BCUT2D eigenvalue weighted by molar-refractivity contribution is -0.115. The Morgan fingerprint density at radius 3 is 2.68 bits per heavy atom. The van der Waals surface area contributed by atoms with Crippen LogP contribution < -0.4 is 16.4 Å². The van der Waals surface area contributed by atoms with Gasteiger partial charge in [-0.3, -0.25) is 14.9 Å². The molecule has 5 nitrogen and oxygen atoms in total. The van der Waals surface area contributed by atoms with Crippen LogP contribution in [0, 0.1) is 0 Å². The van der Waals surface area contributed by atoms with Crippen molar-refractivity contribution in [2.24, 2.45) is 5.73 Å². The molecule has 128 valence electrons. The van der Waals surface area contributed by atoms with Crippen LogP contribution in [0.25, 0.3) is 6.08 Å². The predicted molar refractivity (Wildman–Crippen MR) is 105 cm³/mol. The summed E-state index contributed by atoms with van der Waals surface area (Å²) in [7, 11) is 0. The molecule has 1 aromatic heterocycles. The largest absolute Gasteiger partial charge is 0.365 e. The SMILES string of the molecule is NC(=O)c1c(NC(=S)NC(=O)/C=C/c2ccccc2)sc2c1CCC2. The number of nitrogens with two attached hydrogens (primary N) is 1. The average molecular weight is 371 g/mol. The third-order valence-corrected chi connectivity index (χ3v) is 5.27. The summed E-state index contributed by atoms with van der Waals surface area (Å²) in [5.74, 6) is -0.814. The molecule has 0 bridgehead atoms. The van der Waals surface area contributed by atoms with Crippen LogP contribution in [0.2, 0.25) is 0 Å². The van der Waals surface area contributed by atoms with E-state index in [9.17, 15) is 9.59 Å². The molecule has 0 radical (unpaired) electrons.